The summed E-state index contributed by atoms with van der Waals surface area (Å²) in [6, 6.07) is 9.98. The first-order valence-electron chi connectivity index (χ1n) is 5.38. The number of nitrogens with zero attached hydrogens (tertiary/aromatic N) is 2. The summed E-state index contributed by atoms with van der Waals surface area (Å²) in [6.07, 6.45) is 1.84. The number of benzene rings is 1. The summed E-state index contributed by atoms with van der Waals surface area (Å²) in [5, 5.41) is 8.60. The van der Waals surface area contributed by atoms with Crippen LogP contribution in [0.15, 0.2) is 51.8 Å². The Bertz CT molecular complexity index is 656. The molecule has 2 N–H and O–H groups in total. The van der Waals surface area contributed by atoms with Crippen LogP contribution in [0.1, 0.15) is 0 Å². The van der Waals surface area contributed by atoms with Crippen LogP contribution < -0.4 is 5.73 Å². The van der Waals surface area contributed by atoms with Crippen LogP contribution in [0.2, 0.25) is 0 Å². The van der Waals surface area contributed by atoms with Gasteiger partial charge in [-0.1, -0.05) is 15.9 Å². The summed E-state index contributed by atoms with van der Waals surface area (Å²) in [4.78, 5) is 0. The van der Waals surface area contributed by atoms with Crippen LogP contribution in [0.4, 0.5) is 5.69 Å². The molecule has 3 rings (SSSR count). The molecule has 90 valence electrons. The van der Waals surface area contributed by atoms with E-state index in [1.807, 2.05) is 47.3 Å². The Morgan fingerprint density at radius 3 is 2.61 bits per heavy atom. The largest absolute Gasteiger partial charge is 0.396 e. The van der Waals surface area contributed by atoms with Crippen molar-refractivity contribution in [3.63, 3.8) is 0 Å². The Morgan fingerprint density at radius 2 is 1.94 bits per heavy atom. The zero-order valence-corrected chi connectivity index (χ0v) is 11.8. The molecule has 2 aromatic heterocycles. The van der Waals surface area contributed by atoms with Crippen molar-refractivity contribution in [3.8, 4) is 16.9 Å². The number of halogens is 1. The predicted octanol–water partition coefficient (Wildman–Crippen LogP) is 3.95. The molecule has 1 aromatic carbocycles. The Kier molecular flexibility index (Phi) is 2.93. The highest BCUT2D eigenvalue weighted by Gasteiger charge is 2.09. The number of rotatable bonds is 2. The van der Waals surface area contributed by atoms with E-state index in [1.165, 1.54) is 0 Å². The van der Waals surface area contributed by atoms with Crippen molar-refractivity contribution in [1.29, 1.82) is 0 Å². The molecule has 0 saturated carbocycles. The second kappa shape index (κ2) is 4.59. The number of nitrogens with two attached hydrogens (primary N) is 1. The molecule has 0 saturated heterocycles. The summed E-state index contributed by atoms with van der Waals surface area (Å²) < 4.78 is 2.85. The first-order valence-corrected chi connectivity index (χ1v) is 7.11. The number of hydrogen-bond acceptors (Lipinski definition) is 3. The van der Waals surface area contributed by atoms with Gasteiger partial charge in [0, 0.05) is 15.4 Å². The van der Waals surface area contributed by atoms with E-state index < -0.39 is 0 Å². The van der Waals surface area contributed by atoms with Gasteiger partial charge in [-0.25, -0.2) is 4.68 Å². The van der Waals surface area contributed by atoms with Crippen molar-refractivity contribution in [1.82, 2.24) is 9.78 Å². The fourth-order valence-electron chi connectivity index (χ4n) is 1.74. The highest BCUT2D eigenvalue weighted by atomic mass is 79.9. The minimum Gasteiger partial charge on any atom is -0.396 e. The van der Waals surface area contributed by atoms with Gasteiger partial charge in [-0.15, -0.1) is 0 Å². The first kappa shape index (κ1) is 11.5. The van der Waals surface area contributed by atoms with E-state index in [-0.39, 0.29) is 0 Å². The molecule has 2 heterocycles. The van der Waals surface area contributed by atoms with Crippen molar-refractivity contribution in [2.24, 2.45) is 0 Å². The van der Waals surface area contributed by atoms with E-state index in [1.54, 1.807) is 16.0 Å². The van der Waals surface area contributed by atoms with Crippen molar-refractivity contribution >= 4 is 33.0 Å². The lowest BCUT2D eigenvalue weighted by Gasteiger charge is -2.00. The lowest BCUT2D eigenvalue weighted by Crippen LogP contribution is -1.94. The zero-order chi connectivity index (χ0) is 12.5. The van der Waals surface area contributed by atoms with Crippen molar-refractivity contribution < 1.29 is 0 Å². The molecule has 0 aliphatic carbocycles. The molecule has 0 fully saturated rings. The Hall–Kier alpha value is -1.59. The van der Waals surface area contributed by atoms with Crippen LogP contribution in [0.25, 0.3) is 16.9 Å². The monoisotopic (exact) mass is 319 g/mol. The van der Waals surface area contributed by atoms with E-state index in [0.29, 0.717) is 5.69 Å². The van der Waals surface area contributed by atoms with E-state index in [4.69, 9.17) is 5.73 Å². The van der Waals surface area contributed by atoms with Gasteiger partial charge in [-0.05, 0) is 35.7 Å². The van der Waals surface area contributed by atoms with E-state index in [0.717, 1.165) is 21.4 Å². The molecule has 18 heavy (non-hydrogen) atoms. The fraction of sp³-hybridized carbons (Fsp3) is 0. The molecule has 0 bridgehead atoms. The van der Waals surface area contributed by atoms with Crippen LogP contribution in [0, 0.1) is 0 Å². The molecule has 0 amide bonds. The molecule has 0 radical (unpaired) electrons. The third-order valence-electron chi connectivity index (χ3n) is 2.63. The minimum atomic E-state index is 0.691. The third-order valence-corrected chi connectivity index (χ3v) is 3.84. The second-order valence-corrected chi connectivity index (χ2v) is 5.56. The minimum absolute atomic E-state index is 0.691. The highest BCUT2D eigenvalue weighted by molar-refractivity contribution is 9.10. The van der Waals surface area contributed by atoms with Crippen molar-refractivity contribution in [2.75, 3.05) is 5.73 Å². The maximum Gasteiger partial charge on any atom is 0.116 e. The van der Waals surface area contributed by atoms with Gasteiger partial charge in [0.2, 0.25) is 0 Å². The normalized spacial score (nSPS) is 10.7. The molecule has 3 nitrogen and oxygen atoms in total. The molecule has 0 aliphatic heterocycles. The Morgan fingerprint density at radius 1 is 1.17 bits per heavy atom. The van der Waals surface area contributed by atoms with Gasteiger partial charge in [0.05, 0.1) is 17.6 Å². The molecule has 0 spiro atoms. The molecular weight excluding hydrogens is 310 g/mol. The summed E-state index contributed by atoms with van der Waals surface area (Å²) >= 11 is 5.06. The number of anilines is 1. The average molecular weight is 320 g/mol. The van der Waals surface area contributed by atoms with E-state index in [2.05, 4.69) is 21.0 Å². The Labute approximate surface area is 117 Å². The summed E-state index contributed by atoms with van der Waals surface area (Å²) in [6.45, 7) is 0. The quantitative estimate of drug-likeness (QED) is 0.777. The average Bonchev–Trinajstić information content (AvgIpc) is 2.99. The van der Waals surface area contributed by atoms with Crippen LogP contribution in [-0.2, 0) is 0 Å². The van der Waals surface area contributed by atoms with E-state index >= 15 is 0 Å². The fourth-order valence-corrected chi connectivity index (χ4v) is 2.64. The predicted molar refractivity (Wildman–Crippen MR) is 79.0 cm³/mol. The topological polar surface area (TPSA) is 43.8 Å². The Balaban J connectivity index is 2.05. The summed E-state index contributed by atoms with van der Waals surface area (Å²) in [7, 11) is 0. The standard InChI is InChI=1S/C13H10BrN3S/c14-10-1-3-11(4-2-10)17-7-12(15)13(16-17)9-5-6-18-8-9/h1-8H,15H2. The van der Waals surface area contributed by atoms with Crippen LogP contribution in [-0.4, -0.2) is 9.78 Å². The molecule has 5 heteroatoms. The lowest BCUT2D eigenvalue weighted by molar-refractivity contribution is 0.884. The number of hydrogen-bond donors (Lipinski definition) is 1. The zero-order valence-electron chi connectivity index (χ0n) is 9.38. The summed E-state index contributed by atoms with van der Waals surface area (Å²) in [5.74, 6) is 0. The maximum atomic E-state index is 6.01. The second-order valence-electron chi connectivity index (χ2n) is 3.87. The SMILES string of the molecule is Nc1cn(-c2ccc(Br)cc2)nc1-c1ccsc1. The molecule has 0 atom stereocenters. The lowest BCUT2D eigenvalue weighted by atomic mass is 10.2. The third kappa shape index (κ3) is 2.07. The van der Waals surface area contributed by atoms with Gasteiger partial charge in [0.15, 0.2) is 0 Å². The van der Waals surface area contributed by atoms with Crippen LogP contribution >= 0.6 is 27.3 Å². The van der Waals surface area contributed by atoms with Gasteiger partial charge in [-0.2, -0.15) is 16.4 Å². The smallest absolute Gasteiger partial charge is 0.116 e. The van der Waals surface area contributed by atoms with Gasteiger partial charge in [0.25, 0.3) is 0 Å². The maximum absolute atomic E-state index is 6.01. The van der Waals surface area contributed by atoms with E-state index in [9.17, 15) is 0 Å². The molecule has 3 aromatic rings. The van der Waals surface area contributed by atoms with Crippen molar-refractivity contribution in [3.05, 3.63) is 51.8 Å². The molecule has 0 aliphatic rings. The van der Waals surface area contributed by atoms with Gasteiger partial charge >= 0.3 is 0 Å². The van der Waals surface area contributed by atoms with Crippen LogP contribution in [0.3, 0.4) is 0 Å². The molecular formula is C13H10BrN3S. The highest BCUT2D eigenvalue weighted by Crippen LogP contribution is 2.27. The molecule has 0 unspecified atom stereocenters. The number of thiophene rings is 1. The number of aromatic nitrogens is 2. The van der Waals surface area contributed by atoms with Crippen molar-refractivity contribution in [2.45, 2.75) is 0 Å². The van der Waals surface area contributed by atoms with Gasteiger partial charge < -0.3 is 5.73 Å². The summed E-state index contributed by atoms with van der Waals surface area (Å²) in [5.41, 5.74) is 9.59. The first-order chi connectivity index (χ1) is 8.74. The number of nitrogen functional groups attached to an aromatic ring is 1. The van der Waals surface area contributed by atoms with Gasteiger partial charge in [-0.3, -0.25) is 0 Å². The van der Waals surface area contributed by atoms with Gasteiger partial charge in [0.1, 0.15) is 5.69 Å². The van der Waals surface area contributed by atoms with Crippen LogP contribution in [0.5, 0.6) is 0 Å².